The molecule has 0 saturated carbocycles. The molecule has 0 N–H and O–H groups in total. The number of nitrogens with zero attached hydrogens (tertiary/aromatic N) is 1. The highest BCUT2D eigenvalue weighted by Crippen LogP contribution is 2.42. The van der Waals surface area contributed by atoms with E-state index < -0.39 is 0 Å². The number of hydrogen-bond donors (Lipinski definition) is 0. The molecule has 1 saturated heterocycles. The van der Waals surface area contributed by atoms with Gasteiger partial charge in [0.05, 0.1) is 19.1 Å². The van der Waals surface area contributed by atoms with E-state index in [1.807, 2.05) is 30.8 Å². The first-order valence-electron chi connectivity index (χ1n) is 10.7. The van der Waals surface area contributed by atoms with Crippen LogP contribution < -0.4 is 0 Å². The SMILES string of the molecule is CCOC(=O)C1CCCN(CCOC2c3ccccc3CSc3ccc(Cl)cc32)C1. The van der Waals surface area contributed by atoms with Crippen LogP contribution in [0.5, 0.6) is 0 Å². The van der Waals surface area contributed by atoms with E-state index in [4.69, 9.17) is 21.1 Å². The van der Waals surface area contributed by atoms with Crippen LogP contribution >= 0.6 is 23.4 Å². The molecule has 0 aliphatic carbocycles. The lowest BCUT2D eigenvalue weighted by atomic mass is 9.97. The fourth-order valence-corrected chi connectivity index (χ4v) is 5.54. The molecule has 2 aromatic carbocycles. The Morgan fingerprint density at radius 3 is 2.97 bits per heavy atom. The molecule has 6 heteroatoms. The lowest BCUT2D eigenvalue weighted by molar-refractivity contribution is -0.150. The van der Waals surface area contributed by atoms with Gasteiger partial charge in [-0.15, -0.1) is 11.8 Å². The first kappa shape index (κ1) is 21.7. The molecule has 30 heavy (non-hydrogen) atoms. The maximum Gasteiger partial charge on any atom is 0.310 e. The van der Waals surface area contributed by atoms with Crippen molar-refractivity contribution in [2.45, 2.75) is 36.5 Å². The molecule has 0 radical (unpaired) electrons. The first-order valence-corrected chi connectivity index (χ1v) is 12.0. The molecule has 4 rings (SSSR count). The number of carbonyl (C=O) groups excluding carboxylic acids is 1. The zero-order chi connectivity index (χ0) is 20.9. The van der Waals surface area contributed by atoms with E-state index in [1.54, 1.807) is 0 Å². The molecule has 0 amide bonds. The number of rotatable bonds is 6. The fraction of sp³-hybridized carbons (Fsp3) is 0.458. The molecule has 2 aromatic rings. The van der Waals surface area contributed by atoms with E-state index in [0.29, 0.717) is 13.2 Å². The second-order valence-corrected chi connectivity index (χ2v) is 9.27. The van der Waals surface area contributed by atoms with Gasteiger partial charge >= 0.3 is 5.97 Å². The third-order valence-corrected chi connectivity index (χ3v) is 7.17. The van der Waals surface area contributed by atoms with Gasteiger partial charge in [-0.3, -0.25) is 4.79 Å². The van der Waals surface area contributed by atoms with Crippen molar-refractivity contribution in [2.24, 2.45) is 5.92 Å². The standard InChI is InChI=1S/C24H28ClNO3S/c1-2-28-24(27)17-7-5-11-26(15-17)12-13-29-23-20-8-4-3-6-18(20)16-30-22-10-9-19(25)14-21(22)23/h3-4,6,8-10,14,17,23H,2,5,7,11-13,15-16H2,1H3. The normalized spacial score (nSPS) is 21.4. The van der Waals surface area contributed by atoms with Gasteiger partial charge in [-0.1, -0.05) is 35.9 Å². The first-order chi connectivity index (χ1) is 14.7. The molecule has 0 spiro atoms. The summed E-state index contributed by atoms with van der Waals surface area (Å²) in [7, 11) is 0. The maximum absolute atomic E-state index is 12.1. The van der Waals surface area contributed by atoms with E-state index in [1.165, 1.54) is 16.0 Å². The van der Waals surface area contributed by atoms with Crippen LogP contribution in [0.2, 0.25) is 5.02 Å². The topological polar surface area (TPSA) is 38.8 Å². The van der Waals surface area contributed by atoms with Gasteiger partial charge in [0, 0.05) is 34.3 Å². The van der Waals surface area contributed by atoms with Gasteiger partial charge in [-0.2, -0.15) is 0 Å². The van der Waals surface area contributed by atoms with Crippen molar-refractivity contribution in [1.29, 1.82) is 0 Å². The van der Waals surface area contributed by atoms with Gasteiger partial charge in [-0.25, -0.2) is 0 Å². The van der Waals surface area contributed by atoms with Crippen LogP contribution in [0.25, 0.3) is 0 Å². The lowest BCUT2D eigenvalue weighted by Gasteiger charge is -2.32. The van der Waals surface area contributed by atoms with Crippen molar-refractivity contribution in [1.82, 2.24) is 4.90 Å². The van der Waals surface area contributed by atoms with Gasteiger partial charge in [0.1, 0.15) is 6.10 Å². The predicted molar refractivity (Wildman–Crippen MR) is 121 cm³/mol. The van der Waals surface area contributed by atoms with Crippen LogP contribution in [0.3, 0.4) is 0 Å². The molecule has 2 heterocycles. The van der Waals surface area contributed by atoms with Gasteiger partial charge in [0.15, 0.2) is 0 Å². The molecule has 0 aromatic heterocycles. The Morgan fingerprint density at radius 2 is 2.10 bits per heavy atom. The Kier molecular flexibility index (Phi) is 7.37. The van der Waals surface area contributed by atoms with Crippen LogP contribution in [-0.2, 0) is 20.0 Å². The lowest BCUT2D eigenvalue weighted by Crippen LogP contribution is -2.41. The van der Waals surface area contributed by atoms with Crippen molar-refractivity contribution in [3.05, 3.63) is 64.2 Å². The molecule has 2 aliphatic rings. The Bertz CT molecular complexity index is 891. The van der Waals surface area contributed by atoms with Crippen molar-refractivity contribution in [2.75, 3.05) is 32.8 Å². The quantitative estimate of drug-likeness (QED) is 0.562. The summed E-state index contributed by atoms with van der Waals surface area (Å²) < 4.78 is 11.7. The third kappa shape index (κ3) is 5.02. The van der Waals surface area contributed by atoms with Gasteiger partial charge in [-0.05, 0) is 55.6 Å². The number of esters is 1. The summed E-state index contributed by atoms with van der Waals surface area (Å²) in [5, 5.41) is 0.732. The summed E-state index contributed by atoms with van der Waals surface area (Å²) in [4.78, 5) is 15.7. The summed E-state index contributed by atoms with van der Waals surface area (Å²) in [6.45, 7) is 5.46. The number of likely N-dealkylation sites (tertiary alicyclic amines) is 1. The number of piperidine rings is 1. The highest BCUT2D eigenvalue weighted by atomic mass is 35.5. The summed E-state index contributed by atoms with van der Waals surface area (Å²) in [5.41, 5.74) is 3.66. The van der Waals surface area contributed by atoms with E-state index in [2.05, 4.69) is 35.2 Å². The zero-order valence-electron chi connectivity index (χ0n) is 17.3. The molecule has 2 unspecified atom stereocenters. The average Bonchev–Trinajstić information content (AvgIpc) is 2.91. The highest BCUT2D eigenvalue weighted by molar-refractivity contribution is 7.98. The Hall–Kier alpha value is -1.53. The summed E-state index contributed by atoms with van der Waals surface area (Å²) in [6, 6.07) is 14.6. The largest absolute Gasteiger partial charge is 0.466 e. The van der Waals surface area contributed by atoms with E-state index in [0.717, 1.165) is 48.8 Å². The minimum absolute atomic E-state index is 0.0201. The van der Waals surface area contributed by atoms with Crippen molar-refractivity contribution < 1.29 is 14.3 Å². The van der Waals surface area contributed by atoms with E-state index in [9.17, 15) is 4.79 Å². The third-order valence-electron chi connectivity index (χ3n) is 5.79. The molecule has 160 valence electrons. The van der Waals surface area contributed by atoms with Crippen molar-refractivity contribution >= 4 is 29.3 Å². The number of benzene rings is 2. The molecule has 2 aliphatic heterocycles. The predicted octanol–water partition coefficient (Wildman–Crippen LogP) is 5.33. The summed E-state index contributed by atoms with van der Waals surface area (Å²) in [6.07, 6.45) is 1.80. The Balaban J connectivity index is 1.45. The van der Waals surface area contributed by atoms with Crippen molar-refractivity contribution in [3.63, 3.8) is 0 Å². The number of thioether (sulfide) groups is 1. The summed E-state index contributed by atoms with van der Waals surface area (Å²) in [5.74, 6) is 0.840. The van der Waals surface area contributed by atoms with Gasteiger partial charge < -0.3 is 14.4 Å². The Morgan fingerprint density at radius 1 is 1.23 bits per heavy atom. The number of fused-ring (bicyclic) bond motifs is 2. The molecule has 0 bridgehead atoms. The van der Waals surface area contributed by atoms with E-state index in [-0.39, 0.29) is 18.0 Å². The van der Waals surface area contributed by atoms with Crippen LogP contribution in [0.4, 0.5) is 0 Å². The van der Waals surface area contributed by atoms with Crippen LogP contribution in [0.15, 0.2) is 47.4 Å². The molecular formula is C24H28ClNO3S. The second-order valence-electron chi connectivity index (χ2n) is 7.81. The summed E-state index contributed by atoms with van der Waals surface area (Å²) >= 11 is 8.17. The average molecular weight is 446 g/mol. The maximum atomic E-state index is 12.1. The van der Waals surface area contributed by atoms with Crippen LogP contribution in [0, 0.1) is 5.92 Å². The van der Waals surface area contributed by atoms with Gasteiger partial charge in [0.2, 0.25) is 0 Å². The van der Waals surface area contributed by atoms with Crippen molar-refractivity contribution in [3.8, 4) is 0 Å². The molecule has 1 fully saturated rings. The second kappa shape index (κ2) is 10.2. The smallest absolute Gasteiger partial charge is 0.310 e. The zero-order valence-corrected chi connectivity index (χ0v) is 18.9. The van der Waals surface area contributed by atoms with Crippen LogP contribution in [-0.4, -0.2) is 43.7 Å². The van der Waals surface area contributed by atoms with Gasteiger partial charge in [0.25, 0.3) is 0 Å². The molecular weight excluding hydrogens is 418 g/mol. The highest BCUT2D eigenvalue weighted by Gasteiger charge is 2.28. The number of ether oxygens (including phenoxy) is 2. The number of halogens is 1. The molecule has 4 nitrogen and oxygen atoms in total. The fourth-order valence-electron chi connectivity index (χ4n) is 4.29. The minimum Gasteiger partial charge on any atom is -0.466 e. The Labute approximate surface area is 187 Å². The van der Waals surface area contributed by atoms with E-state index >= 15 is 0 Å². The molecule has 2 atom stereocenters. The monoisotopic (exact) mass is 445 g/mol. The number of hydrogen-bond acceptors (Lipinski definition) is 5. The number of carbonyl (C=O) groups is 1. The minimum atomic E-state index is -0.129. The van der Waals surface area contributed by atoms with Crippen LogP contribution in [0.1, 0.15) is 42.6 Å².